The van der Waals surface area contributed by atoms with Gasteiger partial charge in [0.1, 0.15) is 18.2 Å². The number of nitrogens with one attached hydrogen (secondary N) is 1. The zero-order chi connectivity index (χ0) is 25.9. The lowest BCUT2D eigenvalue weighted by Gasteiger charge is -2.13. The molecule has 1 heterocycles. The molecule has 0 bridgehead atoms. The lowest BCUT2D eigenvalue weighted by molar-refractivity contribution is -0.123. The summed E-state index contributed by atoms with van der Waals surface area (Å²) in [6.07, 6.45) is 1.47. The Morgan fingerprint density at radius 1 is 1.14 bits per heavy atom. The summed E-state index contributed by atoms with van der Waals surface area (Å²) in [6.45, 7) is 1.99. The number of rotatable bonds is 11. The molecule has 36 heavy (non-hydrogen) atoms. The van der Waals surface area contributed by atoms with Gasteiger partial charge in [-0.25, -0.2) is 10.4 Å². The fourth-order valence-corrected chi connectivity index (χ4v) is 3.58. The van der Waals surface area contributed by atoms with Crippen molar-refractivity contribution in [3.05, 3.63) is 81.0 Å². The van der Waals surface area contributed by atoms with Crippen LogP contribution in [0.15, 0.2) is 58.1 Å². The van der Waals surface area contributed by atoms with E-state index in [9.17, 15) is 10.1 Å². The second kappa shape index (κ2) is 13.2. The summed E-state index contributed by atoms with van der Waals surface area (Å²) in [5.74, 6) is 0.673. The molecule has 0 saturated carbocycles. The lowest BCUT2D eigenvalue weighted by atomic mass is 10.1. The molecule has 1 N–H and O–H groups in total. The SMILES string of the molecule is COCc1c(Br)c(C)nc(OCC(=O)NN=Cc2ccc(OCc3ccccc3)c(OC)c2)c1C#N. The van der Waals surface area contributed by atoms with Gasteiger partial charge in [0, 0.05) is 17.1 Å². The Kier molecular flexibility index (Phi) is 9.80. The van der Waals surface area contributed by atoms with Crippen LogP contribution in [0, 0.1) is 18.3 Å². The van der Waals surface area contributed by atoms with E-state index in [0.29, 0.717) is 39.4 Å². The monoisotopic (exact) mass is 552 g/mol. The number of benzene rings is 2. The number of carbonyl (C=O) groups is 1. The van der Waals surface area contributed by atoms with Crippen LogP contribution in [0.2, 0.25) is 0 Å². The number of nitrogens with zero attached hydrogens (tertiary/aromatic N) is 3. The quantitative estimate of drug-likeness (QED) is 0.278. The standard InChI is InChI=1S/C26H25BrN4O5/c1-17-25(27)21(15-33-2)20(12-28)26(30-17)36-16-24(32)31-29-13-19-9-10-22(23(11-19)34-3)35-14-18-7-5-4-6-8-18/h4-11,13H,14-16H2,1-3H3,(H,31,32). The number of aromatic nitrogens is 1. The number of aryl methyl sites for hydroxylation is 1. The number of hydrazone groups is 1. The van der Waals surface area contributed by atoms with E-state index in [2.05, 4.69) is 37.5 Å². The fourth-order valence-electron chi connectivity index (χ4n) is 3.18. The van der Waals surface area contributed by atoms with E-state index in [0.717, 1.165) is 5.56 Å². The van der Waals surface area contributed by atoms with Gasteiger partial charge in [-0.05, 0) is 52.2 Å². The zero-order valence-electron chi connectivity index (χ0n) is 20.1. The summed E-state index contributed by atoms with van der Waals surface area (Å²) in [6, 6.07) is 17.2. The van der Waals surface area contributed by atoms with E-state index in [1.165, 1.54) is 13.3 Å². The number of methoxy groups -OCH3 is 2. The van der Waals surface area contributed by atoms with E-state index in [-0.39, 0.29) is 24.7 Å². The summed E-state index contributed by atoms with van der Waals surface area (Å²) >= 11 is 3.41. The van der Waals surface area contributed by atoms with Crippen LogP contribution in [0.5, 0.6) is 17.4 Å². The van der Waals surface area contributed by atoms with E-state index in [1.807, 2.05) is 30.3 Å². The number of nitriles is 1. The normalized spacial score (nSPS) is 10.6. The largest absolute Gasteiger partial charge is 0.493 e. The Hall–Kier alpha value is -3.94. The van der Waals surface area contributed by atoms with Gasteiger partial charge in [-0.3, -0.25) is 4.79 Å². The van der Waals surface area contributed by atoms with E-state index < -0.39 is 5.91 Å². The Morgan fingerprint density at radius 3 is 2.61 bits per heavy atom. The predicted molar refractivity (Wildman–Crippen MR) is 137 cm³/mol. The van der Waals surface area contributed by atoms with Crippen LogP contribution < -0.4 is 19.6 Å². The van der Waals surface area contributed by atoms with Gasteiger partial charge in [-0.2, -0.15) is 10.4 Å². The number of ether oxygens (including phenoxy) is 4. The number of halogens is 1. The van der Waals surface area contributed by atoms with Crippen molar-refractivity contribution in [1.29, 1.82) is 5.26 Å². The van der Waals surface area contributed by atoms with Crippen molar-refractivity contribution < 1.29 is 23.7 Å². The highest BCUT2D eigenvalue weighted by atomic mass is 79.9. The van der Waals surface area contributed by atoms with Crippen molar-refractivity contribution in [1.82, 2.24) is 10.4 Å². The van der Waals surface area contributed by atoms with Gasteiger partial charge in [-0.1, -0.05) is 30.3 Å². The number of hydrogen-bond acceptors (Lipinski definition) is 8. The molecule has 1 aromatic heterocycles. The first kappa shape index (κ1) is 26.7. The smallest absolute Gasteiger partial charge is 0.278 e. The number of amides is 1. The topological polar surface area (TPSA) is 115 Å². The van der Waals surface area contributed by atoms with Crippen molar-refractivity contribution in [2.75, 3.05) is 20.8 Å². The van der Waals surface area contributed by atoms with Crippen LogP contribution in [0.4, 0.5) is 0 Å². The first-order valence-corrected chi connectivity index (χ1v) is 11.6. The highest BCUT2D eigenvalue weighted by molar-refractivity contribution is 9.10. The Labute approximate surface area is 217 Å². The highest BCUT2D eigenvalue weighted by Gasteiger charge is 2.18. The number of carbonyl (C=O) groups excluding carboxylic acids is 1. The average molecular weight is 553 g/mol. The molecule has 0 atom stereocenters. The minimum atomic E-state index is -0.513. The van der Waals surface area contributed by atoms with E-state index >= 15 is 0 Å². The summed E-state index contributed by atoms with van der Waals surface area (Å²) in [4.78, 5) is 16.5. The Morgan fingerprint density at radius 2 is 1.92 bits per heavy atom. The van der Waals surface area contributed by atoms with Crippen molar-refractivity contribution in [2.24, 2.45) is 5.10 Å². The second-order valence-corrected chi connectivity index (χ2v) is 8.27. The third-order valence-corrected chi connectivity index (χ3v) is 5.99. The van der Waals surface area contributed by atoms with Crippen LogP contribution >= 0.6 is 15.9 Å². The molecule has 0 fully saturated rings. The molecule has 0 spiro atoms. The average Bonchev–Trinajstić information content (AvgIpc) is 2.90. The van der Waals surface area contributed by atoms with Crippen molar-refractivity contribution in [2.45, 2.75) is 20.1 Å². The molecule has 0 saturated heterocycles. The van der Waals surface area contributed by atoms with E-state index in [4.69, 9.17) is 18.9 Å². The zero-order valence-corrected chi connectivity index (χ0v) is 21.7. The van der Waals surface area contributed by atoms with Gasteiger partial charge in [0.15, 0.2) is 18.1 Å². The first-order valence-electron chi connectivity index (χ1n) is 10.8. The molecule has 0 aliphatic rings. The molecule has 0 radical (unpaired) electrons. The molecule has 0 aliphatic carbocycles. The number of pyridine rings is 1. The van der Waals surface area contributed by atoms with Gasteiger partial charge in [-0.15, -0.1) is 0 Å². The van der Waals surface area contributed by atoms with Crippen LogP contribution in [-0.4, -0.2) is 37.9 Å². The summed E-state index contributed by atoms with van der Waals surface area (Å²) < 4.78 is 22.6. The Balaban J connectivity index is 1.58. The van der Waals surface area contributed by atoms with E-state index in [1.54, 1.807) is 32.2 Å². The molecule has 0 unspecified atom stereocenters. The highest BCUT2D eigenvalue weighted by Crippen LogP contribution is 2.30. The van der Waals surface area contributed by atoms with Gasteiger partial charge in [0.05, 0.1) is 25.6 Å². The number of hydrogen-bond donors (Lipinski definition) is 1. The van der Waals surface area contributed by atoms with Gasteiger partial charge in [0.25, 0.3) is 5.91 Å². The maximum atomic E-state index is 12.2. The molecule has 1 amide bonds. The molecule has 3 rings (SSSR count). The molecular weight excluding hydrogens is 528 g/mol. The summed E-state index contributed by atoms with van der Waals surface area (Å²) in [7, 11) is 3.08. The van der Waals surface area contributed by atoms with Crippen molar-refractivity contribution >= 4 is 28.1 Å². The fraction of sp³-hybridized carbons (Fsp3) is 0.231. The molecule has 3 aromatic rings. The molecule has 0 aliphatic heterocycles. The molecular formula is C26H25BrN4O5. The predicted octanol–water partition coefficient (Wildman–Crippen LogP) is 4.29. The first-order chi connectivity index (χ1) is 17.5. The van der Waals surface area contributed by atoms with Crippen molar-refractivity contribution in [3.8, 4) is 23.4 Å². The molecule has 186 valence electrons. The Bertz CT molecular complexity index is 1280. The van der Waals surface area contributed by atoms with Crippen LogP contribution in [0.25, 0.3) is 0 Å². The van der Waals surface area contributed by atoms with Gasteiger partial charge < -0.3 is 18.9 Å². The van der Waals surface area contributed by atoms with Crippen LogP contribution in [0.1, 0.15) is 27.9 Å². The maximum absolute atomic E-state index is 12.2. The third-order valence-electron chi connectivity index (χ3n) is 4.94. The maximum Gasteiger partial charge on any atom is 0.278 e. The molecule has 2 aromatic carbocycles. The molecule has 10 heteroatoms. The summed E-state index contributed by atoms with van der Waals surface area (Å²) in [5.41, 5.74) is 5.54. The van der Waals surface area contributed by atoms with Crippen LogP contribution in [-0.2, 0) is 22.7 Å². The van der Waals surface area contributed by atoms with Crippen LogP contribution in [0.3, 0.4) is 0 Å². The summed E-state index contributed by atoms with van der Waals surface area (Å²) in [5, 5.41) is 13.5. The lowest BCUT2D eigenvalue weighted by Crippen LogP contribution is -2.25. The minimum Gasteiger partial charge on any atom is -0.493 e. The second-order valence-electron chi connectivity index (χ2n) is 7.48. The minimum absolute atomic E-state index is 0.0557. The van der Waals surface area contributed by atoms with Gasteiger partial charge >= 0.3 is 0 Å². The van der Waals surface area contributed by atoms with Gasteiger partial charge in [0.2, 0.25) is 5.88 Å². The molecule has 9 nitrogen and oxygen atoms in total. The van der Waals surface area contributed by atoms with Crippen molar-refractivity contribution in [3.63, 3.8) is 0 Å². The third kappa shape index (κ3) is 7.04.